The van der Waals surface area contributed by atoms with Crippen LogP contribution in [0, 0.1) is 0 Å². The van der Waals surface area contributed by atoms with Crippen LogP contribution in [-0.2, 0) is 14.3 Å². The molecule has 0 atom stereocenters. The van der Waals surface area contributed by atoms with Crippen LogP contribution in [0.4, 0.5) is 5.69 Å². The van der Waals surface area contributed by atoms with Crippen LogP contribution in [0.25, 0.3) is 0 Å². The van der Waals surface area contributed by atoms with Gasteiger partial charge in [-0.25, -0.2) is 0 Å². The molecular weight excluding hydrogens is 336 g/mol. The molecule has 0 saturated carbocycles. The molecule has 0 aliphatic carbocycles. The van der Waals surface area contributed by atoms with Gasteiger partial charge in [-0.2, -0.15) is 0 Å². The third kappa shape index (κ3) is 6.27. The number of hydrogen-bond acceptors (Lipinski definition) is 5. The summed E-state index contributed by atoms with van der Waals surface area (Å²) in [4.78, 5) is 35.2. The molecule has 26 heavy (non-hydrogen) atoms. The number of carbonyl (C=O) groups is 3. The van der Waals surface area contributed by atoms with E-state index >= 15 is 0 Å². The Balaban J connectivity index is 1.69. The molecule has 0 aromatic heterocycles. The predicted molar refractivity (Wildman–Crippen MR) is 96.0 cm³/mol. The molecule has 0 aliphatic rings. The Hall–Kier alpha value is -3.35. The van der Waals surface area contributed by atoms with E-state index in [1.807, 2.05) is 6.92 Å². The van der Waals surface area contributed by atoms with Gasteiger partial charge in [-0.15, -0.1) is 0 Å². The Kier molecular flexibility index (Phi) is 7.17. The van der Waals surface area contributed by atoms with E-state index in [0.717, 1.165) is 0 Å². The fraction of sp³-hybridized carbons (Fsp3) is 0.211. The number of anilines is 1. The molecule has 0 fully saturated rings. The van der Waals surface area contributed by atoms with Crippen molar-refractivity contribution < 1.29 is 23.9 Å². The summed E-state index contributed by atoms with van der Waals surface area (Å²) in [5.74, 6) is -0.861. The standard InChI is InChI=1S/C19H20N2O5/c1-2-25-16-10-8-15(9-11-16)21-17(22)13-26-18(23)12-20-19(24)14-6-4-3-5-7-14/h3-11H,2,12-13H2,1H3,(H,20,24)(H,21,22). The number of nitrogens with one attached hydrogen (secondary N) is 2. The predicted octanol–water partition coefficient (Wildman–Crippen LogP) is 2.00. The summed E-state index contributed by atoms with van der Waals surface area (Å²) in [6.45, 7) is 1.69. The van der Waals surface area contributed by atoms with Gasteiger partial charge in [-0.05, 0) is 43.3 Å². The monoisotopic (exact) mass is 356 g/mol. The quantitative estimate of drug-likeness (QED) is 0.706. The van der Waals surface area contributed by atoms with E-state index in [1.54, 1.807) is 54.6 Å². The van der Waals surface area contributed by atoms with E-state index in [2.05, 4.69) is 10.6 Å². The summed E-state index contributed by atoms with van der Waals surface area (Å²) < 4.78 is 10.1. The smallest absolute Gasteiger partial charge is 0.325 e. The number of esters is 1. The van der Waals surface area contributed by atoms with Gasteiger partial charge in [0.2, 0.25) is 0 Å². The molecule has 2 aromatic carbocycles. The second-order valence-corrected chi connectivity index (χ2v) is 5.21. The van der Waals surface area contributed by atoms with Crippen molar-refractivity contribution in [3.05, 3.63) is 60.2 Å². The summed E-state index contributed by atoms with van der Waals surface area (Å²) >= 11 is 0. The highest BCUT2D eigenvalue weighted by atomic mass is 16.5. The van der Waals surface area contributed by atoms with E-state index in [0.29, 0.717) is 23.6 Å². The Morgan fingerprint density at radius 2 is 1.65 bits per heavy atom. The van der Waals surface area contributed by atoms with Gasteiger partial charge in [0.25, 0.3) is 11.8 Å². The van der Waals surface area contributed by atoms with Crippen molar-refractivity contribution in [1.29, 1.82) is 0 Å². The lowest BCUT2D eigenvalue weighted by Crippen LogP contribution is -2.32. The highest BCUT2D eigenvalue weighted by Gasteiger charge is 2.10. The Bertz CT molecular complexity index is 744. The van der Waals surface area contributed by atoms with Gasteiger partial charge >= 0.3 is 5.97 Å². The molecule has 0 radical (unpaired) electrons. The molecule has 7 heteroatoms. The van der Waals surface area contributed by atoms with Crippen molar-refractivity contribution in [3.8, 4) is 5.75 Å². The number of hydrogen-bond donors (Lipinski definition) is 2. The minimum absolute atomic E-state index is 0.315. The molecule has 0 aliphatic heterocycles. The summed E-state index contributed by atoms with van der Waals surface area (Å²) in [5, 5.41) is 5.03. The lowest BCUT2D eigenvalue weighted by Gasteiger charge is -2.08. The van der Waals surface area contributed by atoms with Gasteiger partial charge in [0.15, 0.2) is 6.61 Å². The molecule has 0 saturated heterocycles. The molecule has 2 aromatic rings. The first-order chi connectivity index (χ1) is 12.6. The summed E-state index contributed by atoms with van der Waals surface area (Å²) in [6.07, 6.45) is 0. The molecule has 2 amide bonds. The van der Waals surface area contributed by atoms with E-state index < -0.39 is 18.5 Å². The van der Waals surface area contributed by atoms with Gasteiger partial charge < -0.3 is 20.1 Å². The average Bonchev–Trinajstić information content (AvgIpc) is 2.67. The van der Waals surface area contributed by atoms with Gasteiger partial charge in [-0.3, -0.25) is 14.4 Å². The van der Waals surface area contributed by atoms with Crippen LogP contribution in [-0.4, -0.2) is 37.5 Å². The van der Waals surface area contributed by atoms with E-state index in [9.17, 15) is 14.4 Å². The largest absolute Gasteiger partial charge is 0.494 e. The van der Waals surface area contributed by atoms with Crippen LogP contribution >= 0.6 is 0 Å². The lowest BCUT2D eigenvalue weighted by molar-refractivity contribution is -0.146. The van der Waals surface area contributed by atoms with E-state index in [4.69, 9.17) is 9.47 Å². The van der Waals surface area contributed by atoms with Gasteiger partial charge in [0.05, 0.1) is 6.61 Å². The molecule has 0 heterocycles. The molecule has 136 valence electrons. The van der Waals surface area contributed by atoms with Gasteiger partial charge in [-0.1, -0.05) is 18.2 Å². The van der Waals surface area contributed by atoms with Crippen molar-refractivity contribution in [2.75, 3.05) is 25.1 Å². The fourth-order valence-electron chi connectivity index (χ4n) is 2.04. The zero-order valence-corrected chi connectivity index (χ0v) is 14.4. The average molecular weight is 356 g/mol. The zero-order valence-electron chi connectivity index (χ0n) is 14.4. The molecule has 0 spiro atoms. The zero-order chi connectivity index (χ0) is 18.8. The number of benzene rings is 2. The van der Waals surface area contributed by atoms with Crippen LogP contribution in [0.5, 0.6) is 5.75 Å². The molecule has 0 bridgehead atoms. The minimum atomic E-state index is -0.698. The maximum Gasteiger partial charge on any atom is 0.325 e. The van der Waals surface area contributed by atoms with Crippen molar-refractivity contribution in [2.24, 2.45) is 0 Å². The van der Waals surface area contributed by atoms with Crippen LogP contribution in [0.3, 0.4) is 0 Å². The molecule has 7 nitrogen and oxygen atoms in total. The maximum absolute atomic E-state index is 11.8. The second kappa shape index (κ2) is 9.83. The van der Waals surface area contributed by atoms with E-state index in [1.165, 1.54) is 0 Å². The van der Waals surface area contributed by atoms with Crippen LogP contribution in [0.15, 0.2) is 54.6 Å². The first-order valence-corrected chi connectivity index (χ1v) is 8.10. The van der Waals surface area contributed by atoms with Crippen molar-refractivity contribution in [1.82, 2.24) is 5.32 Å². The molecule has 0 unspecified atom stereocenters. The van der Waals surface area contributed by atoms with Crippen molar-refractivity contribution in [3.63, 3.8) is 0 Å². The number of rotatable bonds is 8. The van der Waals surface area contributed by atoms with Gasteiger partial charge in [0.1, 0.15) is 12.3 Å². The minimum Gasteiger partial charge on any atom is -0.494 e. The number of amides is 2. The van der Waals surface area contributed by atoms with Crippen LogP contribution in [0.2, 0.25) is 0 Å². The van der Waals surface area contributed by atoms with Gasteiger partial charge in [0, 0.05) is 11.3 Å². The first kappa shape index (κ1) is 19.0. The topological polar surface area (TPSA) is 93.7 Å². The molecular formula is C19H20N2O5. The third-order valence-corrected chi connectivity index (χ3v) is 3.24. The normalized spacial score (nSPS) is 9.88. The fourth-order valence-corrected chi connectivity index (χ4v) is 2.04. The summed E-state index contributed by atoms with van der Waals surface area (Å²) in [7, 11) is 0. The van der Waals surface area contributed by atoms with E-state index in [-0.39, 0.29) is 12.5 Å². The van der Waals surface area contributed by atoms with Crippen molar-refractivity contribution in [2.45, 2.75) is 6.92 Å². The van der Waals surface area contributed by atoms with Crippen LogP contribution < -0.4 is 15.4 Å². The highest BCUT2D eigenvalue weighted by Crippen LogP contribution is 2.15. The summed E-state index contributed by atoms with van der Waals surface area (Å²) in [5.41, 5.74) is 1.00. The SMILES string of the molecule is CCOc1ccc(NC(=O)COC(=O)CNC(=O)c2ccccc2)cc1. The Morgan fingerprint density at radius 1 is 0.962 bits per heavy atom. The molecule has 2 rings (SSSR count). The Labute approximate surface area is 151 Å². The number of carbonyl (C=O) groups excluding carboxylic acids is 3. The summed E-state index contributed by atoms with van der Waals surface area (Å²) in [6, 6.07) is 15.3. The molecule has 2 N–H and O–H groups in total. The van der Waals surface area contributed by atoms with Crippen LogP contribution in [0.1, 0.15) is 17.3 Å². The first-order valence-electron chi connectivity index (χ1n) is 8.10. The maximum atomic E-state index is 11.8. The third-order valence-electron chi connectivity index (χ3n) is 3.24. The Morgan fingerprint density at radius 3 is 2.31 bits per heavy atom. The highest BCUT2D eigenvalue weighted by molar-refractivity contribution is 5.96. The number of ether oxygens (including phenoxy) is 2. The lowest BCUT2D eigenvalue weighted by atomic mass is 10.2. The second-order valence-electron chi connectivity index (χ2n) is 5.21. The van der Waals surface area contributed by atoms with Crippen molar-refractivity contribution >= 4 is 23.5 Å².